The zero-order chi connectivity index (χ0) is 36.4. The number of thiophene rings is 2. The summed E-state index contributed by atoms with van der Waals surface area (Å²) in [5.41, 5.74) is 6.05. The number of nitrogens with one attached hydrogen (secondary N) is 4. The molecule has 13 nitrogen and oxygen atoms in total. The molecule has 19 heteroatoms. The molecule has 0 bridgehead atoms. The van der Waals surface area contributed by atoms with Gasteiger partial charge >= 0.3 is 18.8 Å². The summed E-state index contributed by atoms with van der Waals surface area (Å²) in [4.78, 5) is 39.2. The summed E-state index contributed by atoms with van der Waals surface area (Å²) in [6, 6.07) is 4.17. The average Bonchev–Trinajstić information content (AvgIpc) is 3.93. The van der Waals surface area contributed by atoms with Crippen molar-refractivity contribution >= 4 is 46.4 Å². The molecule has 0 spiro atoms. The second-order valence-electron chi connectivity index (χ2n) is 11.2. The highest BCUT2D eigenvalue weighted by molar-refractivity contribution is 7.08. The number of halogens is 4. The molecule has 0 aliphatic heterocycles. The van der Waals surface area contributed by atoms with Crippen molar-refractivity contribution in [3.8, 4) is 11.5 Å². The van der Waals surface area contributed by atoms with Gasteiger partial charge < -0.3 is 15.1 Å². The van der Waals surface area contributed by atoms with Gasteiger partial charge in [0.05, 0.1) is 22.2 Å². The number of amides is 2. The minimum absolute atomic E-state index is 0.0203. The first-order chi connectivity index (χ1) is 24.7. The highest BCUT2D eigenvalue weighted by atomic mass is 32.1. The second-order valence-corrected chi connectivity index (χ2v) is 12.8. The predicted octanol–water partition coefficient (Wildman–Crippen LogP) is 7.10. The maximum Gasteiger partial charge on any atom is 0.317 e. The third-order valence-corrected chi connectivity index (χ3v) is 9.57. The normalized spacial score (nSPS) is 15.2. The van der Waals surface area contributed by atoms with Gasteiger partial charge in [-0.2, -0.15) is 40.2 Å². The molecule has 5 heterocycles. The smallest absolute Gasteiger partial charge is 0.317 e. The van der Waals surface area contributed by atoms with E-state index in [0.717, 1.165) is 38.5 Å². The van der Waals surface area contributed by atoms with Crippen LogP contribution in [0.25, 0.3) is 11.5 Å². The number of carbonyl (C=O) groups is 2. The standard InChI is InChI=1S/C15H15F2N5O2S.C15H13F2N5OS.C2H6/c16-11(17)13(24)22-21-12(23)9-6-18-14(19-7-9)20-15(3-1-4-15)10-2-5-25-8-10;16-11(17)13-22-21-12(23-13)9-6-18-14(19-7-9)20-15(3-1-4-15)10-2-5-24-8-10;1-2/h2,5-8,11H,1,3-4H2,(H,21,23)(H,22,24)(H,18,19,20);2,5-8,11H,1,3-4H2,(H,18,19,20);1-2H3. The van der Waals surface area contributed by atoms with Gasteiger partial charge in [0.15, 0.2) is 0 Å². The lowest BCUT2D eigenvalue weighted by atomic mass is 9.73. The van der Waals surface area contributed by atoms with Crippen LogP contribution < -0.4 is 21.5 Å². The van der Waals surface area contributed by atoms with Crippen molar-refractivity contribution in [1.29, 1.82) is 0 Å². The third kappa shape index (κ3) is 8.83. The first kappa shape index (κ1) is 37.2. The fraction of sp³-hybridized carbons (Fsp3) is 0.375. The van der Waals surface area contributed by atoms with Crippen LogP contribution in [0.3, 0.4) is 0 Å². The van der Waals surface area contributed by atoms with E-state index in [-0.39, 0.29) is 22.5 Å². The Balaban J connectivity index is 0.000000189. The number of hydrogen-bond acceptors (Lipinski definition) is 13. The van der Waals surface area contributed by atoms with Crippen LogP contribution >= 0.6 is 22.7 Å². The van der Waals surface area contributed by atoms with Gasteiger partial charge in [-0.1, -0.05) is 13.8 Å². The largest absolute Gasteiger partial charge is 0.415 e. The van der Waals surface area contributed by atoms with Crippen molar-refractivity contribution in [2.24, 2.45) is 0 Å². The molecule has 4 N–H and O–H groups in total. The van der Waals surface area contributed by atoms with Crippen LogP contribution in [-0.4, -0.2) is 48.4 Å². The van der Waals surface area contributed by atoms with Crippen molar-refractivity contribution in [3.63, 3.8) is 0 Å². The number of nitrogens with zero attached hydrogens (tertiary/aromatic N) is 6. The highest BCUT2D eigenvalue weighted by Crippen LogP contribution is 2.45. The van der Waals surface area contributed by atoms with Gasteiger partial charge in [0.25, 0.3) is 17.7 Å². The topological polar surface area (TPSA) is 173 Å². The first-order valence-electron chi connectivity index (χ1n) is 15.9. The van der Waals surface area contributed by atoms with E-state index in [1.807, 2.05) is 24.7 Å². The maximum absolute atomic E-state index is 12.5. The molecule has 0 radical (unpaired) electrons. The van der Waals surface area contributed by atoms with E-state index < -0.39 is 30.6 Å². The van der Waals surface area contributed by atoms with Crippen LogP contribution in [0.1, 0.15) is 86.2 Å². The molecule has 0 unspecified atom stereocenters. The van der Waals surface area contributed by atoms with E-state index in [2.05, 4.69) is 69.0 Å². The molecule has 270 valence electrons. The summed E-state index contributed by atoms with van der Waals surface area (Å²) < 4.78 is 54.0. The Labute approximate surface area is 297 Å². The fourth-order valence-corrected chi connectivity index (χ4v) is 6.74. The van der Waals surface area contributed by atoms with E-state index in [1.54, 1.807) is 28.1 Å². The fourth-order valence-electron chi connectivity index (χ4n) is 5.23. The summed E-state index contributed by atoms with van der Waals surface area (Å²) in [6.45, 7) is 4.00. The molecule has 0 aromatic carbocycles. The van der Waals surface area contributed by atoms with Crippen LogP contribution in [0.2, 0.25) is 0 Å². The summed E-state index contributed by atoms with van der Waals surface area (Å²) >= 11 is 3.28. The van der Waals surface area contributed by atoms with Gasteiger partial charge in [-0.15, -0.1) is 10.2 Å². The highest BCUT2D eigenvalue weighted by Gasteiger charge is 2.40. The number of alkyl halides is 4. The van der Waals surface area contributed by atoms with Crippen molar-refractivity contribution in [1.82, 2.24) is 41.0 Å². The van der Waals surface area contributed by atoms with Crippen LogP contribution in [0.4, 0.5) is 29.5 Å². The molecule has 0 saturated heterocycles. The number of carbonyl (C=O) groups excluding carboxylic acids is 2. The van der Waals surface area contributed by atoms with Gasteiger partial charge in [-0.05, 0) is 83.3 Å². The first-order valence-corrected chi connectivity index (χ1v) is 17.8. The molecular weight excluding hydrogens is 713 g/mol. The Hall–Kier alpha value is -5.04. The van der Waals surface area contributed by atoms with Gasteiger partial charge in [-0.3, -0.25) is 20.4 Å². The van der Waals surface area contributed by atoms with E-state index in [9.17, 15) is 27.2 Å². The van der Waals surface area contributed by atoms with Gasteiger partial charge in [0.1, 0.15) is 0 Å². The van der Waals surface area contributed by atoms with Crippen molar-refractivity contribution < 1.29 is 31.6 Å². The Morgan fingerprint density at radius 3 is 1.67 bits per heavy atom. The maximum atomic E-state index is 12.5. The summed E-state index contributed by atoms with van der Waals surface area (Å²) in [5.74, 6) is -2.24. The molecule has 7 rings (SSSR count). The Morgan fingerprint density at radius 1 is 0.765 bits per heavy atom. The van der Waals surface area contributed by atoms with E-state index in [0.29, 0.717) is 17.5 Å². The Bertz CT molecular complexity index is 1830. The summed E-state index contributed by atoms with van der Waals surface area (Å²) in [5, 5.41) is 21.9. The SMILES string of the molecule is CC.FC(F)c1nnc(-c2cnc(NC3(c4ccsc4)CCC3)nc2)o1.O=C(NNC(=O)C(F)F)c1cnc(NC2(c3ccsc3)CCC2)nc1. The van der Waals surface area contributed by atoms with E-state index in [1.165, 1.54) is 35.9 Å². The molecule has 2 amide bonds. The lowest BCUT2D eigenvalue weighted by Crippen LogP contribution is -2.44. The molecule has 51 heavy (non-hydrogen) atoms. The number of aromatic nitrogens is 6. The molecule has 0 atom stereocenters. The number of rotatable bonds is 10. The molecule has 2 aliphatic carbocycles. The van der Waals surface area contributed by atoms with Gasteiger partial charge in [-0.25, -0.2) is 19.9 Å². The van der Waals surface area contributed by atoms with Crippen molar-refractivity contribution in [3.05, 3.63) is 81.0 Å². The molecular formula is C32H34F4N10O3S2. The molecule has 2 aliphatic rings. The van der Waals surface area contributed by atoms with Gasteiger partial charge in [0.2, 0.25) is 11.9 Å². The van der Waals surface area contributed by atoms with E-state index >= 15 is 0 Å². The van der Waals surface area contributed by atoms with Crippen molar-refractivity contribution in [2.75, 3.05) is 10.6 Å². The zero-order valence-electron chi connectivity index (χ0n) is 27.4. The molecule has 5 aromatic heterocycles. The summed E-state index contributed by atoms with van der Waals surface area (Å²) in [6.07, 6.45) is 5.73. The monoisotopic (exact) mass is 746 g/mol. The molecule has 2 fully saturated rings. The van der Waals surface area contributed by atoms with Crippen LogP contribution in [-0.2, 0) is 15.9 Å². The minimum Gasteiger partial charge on any atom is -0.415 e. The Kier molecular flexibility index (Phi) is 12.2. The lowest BCUT2D eigenvalue weighted by Gasteiger charge is -2.42. The number of anilines is 2. The lowest BCUT2D eigenvalue weighted by molar-refractivity contribution is -0.132. The van der Waals surface area contributed by atoms with Crippen molar-refractivity contribution in [2.45, 2.75) is 76.3 Å². The average molecular weight is 747 g/mol. The molecule has 2 saturated carbocycles. The number of hydrogen-bond donors (Lipinski definition) is 4. The predicted molar refractivity (Wildman–Crippen MR) is 182 cm³/mol. The molecule has 5 aromatic rings. The quantitative estimate of drug-likeness (QED) is 0.0849. The van der Waals surface area contributed by atoms with Crippen LogP contribution in [0, 0.1) is 0 Å². The minimum atomic E-state index is -3.21. The zero-order valence-corrected chi connectivity index (χ0v) is 29.0. The van der Waals surface area contributed by atoms with E-state index in [4.69, 9.17) is 4.42 Å². The summed E-state index contributed by atoms with van der Waals surface area (Å²) in [7, 11) is 0. The second kappa shape index (κ2) is 16.8. The Morgan fingerprint density at radius 2 is 1.27 bits per heavy atom. The third-order valence-electron chi connectivity index (χ3n) is 8.20. The van der Waals surface area contributed by atoms with Crippen LogP contribution in [0.5, 0.6) is 0 Å². The van der Waals surface area contributed by atoms with Gasteiger partial charge in [0, 0.05) is 24.8 Å². The van der Waals surface area contributed by atoms with Crippen LogP contribution in [0.15, 0.2) is 62.9 Å². The number of hydrazine groups is 1.